The summed E-state index contributed by atoms with van der Waals surface area (Å²) >= 11 is 0. The topological polar surface area (TPSA) is 64.6 Å². The third kappa shape index (κ3) is 3.12. The van der Waals surface area contributed by atoms with Crippen LogP contribution in [-0.2, 0) is 19.3 Å². The van der Waals surface area contributed by atoms with E-state index in [0.717, 1.165) is 0 Å². The first-order valence-electron chi connectivity index (χ1n) is 7.69. The van der Waals surface area contributed by atoms with Gasteiger partial charge in [-0.05, 0) is 58.1 Å². The largest absolute Gasteiger partial charge is 0.494 e. The van der Waals surface area contributed by atoms with Crippen LogP contribution in [0.5, 0.6) is 0 Å². The van der Waals surface area contributed by atoms with Crippen LogP contribution in [0, 0.1) is 5.82 Å². The standard InChI is InChI=1S/C15H21BFNO4S/c1-14(2)15(3,4)22-16(21-14)10-5-8-13(12(17)9-10)18-23(19,20)11-6-7-11/h5,8-9,11,18H,6-7H2,1-4H3. The maximum absolute atomic E-state index is 14.3. The average molecular weight is 341 g/mol. The van der Waals surface area contributed by atoms with Gasteiger partial charge < -0.3 is 9.31 Å². The Morgan fingerprint density at radius 1 is 1.17 bits per heavy atom. The van der Waals surface area contributed by atoms with E-state index >= 15 is 0 Å². The van der Waals surface area contributed by atoms with Crippen molar-refractivity contribution in [1.29, 1.82) is 0 Å². The van der Waals surface area contributed by atoms with Crippen molar-refractivity contribution in [1.82, 2.24) is 0 Å². The van der Waals surface area contributed by atoms with Crippen molar-refractivity contribution in [2.24, 2.45) is 0 Å². The van der Waals surface area contributed by atoms with Gasteiger partial charge in [0.2, 0.25) is 10.0 Å². The van der Waals surface area contributed by atoms with Gasteiger partial charge in [0.1, 0.15) is 5.82 Å². The summed E-state index contributed by atoms with van der Waals surface area (Å²) in [5.74, 6) is -0.638. The second-order valence-electron chi connectivity index (χ2n) is 7.17. The highest BCUT2D eigenvalue weighted by Gasteiger charge is 2.51. The minimum absolute atomic E-state index is 0.0443. The molecule has 1 aliphatic carbocycles. The molecular weight excluding hydrogens is 320 g/mol. The van der Waals surface area contributed by atoms with Crippen LogP contribution in [-0.4, -0.2) is 32.0 Å². The van der Waals surface area contributed by atoms with Gasteiger partial charge in [0.15, 0.2) is 0 Å². The second kappa shape index (κ2) is 5.19. The summed E-state index contributed by atoms with van der Waals surface area (Å²) in [6, 6.07) is 4.29. The van der Waals surface area contributed by atoms with Crippen LogP contribution in [0.25, 0.3) is 0 Å². The normalized spacial score (nSPS) is 23.1. The van der Waals surface area contributed by atoms with Gasteiger partial charge in [0.25, 0.3) is 0 Å². The summed E-state index contributed by atoms with van der Waals surface area (Å²) in [6.45, 7) is 7.67. The molecule has 0 spiro atoms. The quantitative estimate of drug-likeness (QED) is 0.851. The molecule has 1 aliphatic heterocycles. The number of anilines is 1. The van der Waals surface area contributed by atoms with E-state index < -0.39 is 39.4 Å². The molecule has 3 rings (SSSR count). The highest BCUT2D eigenvalue weighted by Crippen LogP contribution is 2.36. The Morgan fingerprint density at radius 3 is 2.22 bits per heavy atom. The fourth-order valence-electron chi connectivity index (χ4n) is 2.35. The fraction of sp³-hybridized carbons (Fsp3) is 0.600. The molecule has 126 valence electrons. The Hall–Kier alpha value is -1.12. The number of halogens is 1. The minimum atomic E-state index is -3.48. The van der Waals surface area contributed by atoms with E-state index in [1.165, 1.54) is 12.1 Å². The molecule has 0 bridgehead atoms. The number of rotatable bonds is 4. The van der Waals surface area contributed by atoms with Gasteiger partial charge in [-0.1, -0.05) is 6.07 Å². The Labute approximate surface area is 136 Å². The summed E-state index contributed by atoms with van der Waals surface area (Å²) < 4.78 is 52.1. The number of sulfonamides is 1. The third-order valence-corrected chi connectivity index (χ3v) is 6.59. The van der Waals surface area contributed by atoms with E-state index in [4.69, 9.17) is 9.31 Å². The average Bonchev–Trinajstić information content (AvgIpc) is 3.21. The van der Waals surface area contributed by atoms with Gasteiger partial charge in [-0.3, -0.25) is 4.72 Å². The van der Waals surface area contributed by atoms with E-state index in [2.05, 4.69) is 4.72 Å². The summed E-state index contributed by atoms with van der Waals surface area (Å²) in [5, 5.41) is -0.398. The molecule has 0 aromatic heterocycles. The van der Waals surface area contributed by atoms with E-state index in [1.807, 2.05) is 27.7 Å². The summed E-state index contributed by atoms with van der Waals surface area (Å²) in [4.78, 5) is 0. The first-order chi connectivity index (χ1) is 10.5. The predicted molar refractivity (Wildman–Crippen MR) is 87.7 cm³/mol. The van der Waals surface area contributed by atoms with Crippen LogP contribution in [0.4, 0.5) is 10.1 Å². The maximum atomic E-state index is 14.3. The van der Waals surface area contributed by atoms with Crippen molar-refractivity contribution in [3.63, 3.8) is 0 Å². The van der Waals surface area contributed by atoms with E-state index in [-0.39, 0.29) is 5.69 Å². The molecule has 2 aliphatic rings. The van der Waals surface area contributed by atoms with Gasteiger partial charge >= 0.3 is 7.12 Å². The zero-order valence-electron chi connectivity index (χ0n) is 13.7. The monoisotopic (exact) mass is 341 g/mol. The lowest BCUT2D eigenvalue weighted by Crippen LogP contribution is -2.41. The van der Waals surface area contributed by atoms with Crippen molar-refractivity contribution in [3.8, 4) is 0 Å². The second-order valence-corrected chi connectivity index (χ2v) is 9.13. The number of benzene rings is 1. The molecule has 0 radical (unpaired) electrons. The fourth-order valence-corrected chi connectivity index (χ4v) is 3.75. The Kier molecular flexibility index (Phi) is 3.78. The van der Waals surface area contributed by atoms with Crippen LogP contribution in [0.1, 0.15) is 40.5 Å². The lowest BCUT2D eigenvalue weighted by Gasteiger charge is -2.32. The van der Waals surface area contributed by atoms with Crippen LogP contribution in [0.3, 0.4) is 0 Å². The zero-order chi connectivity index (χ0) is 17.0. The summed E-state index contributed by atoms with van der Waals surface area (Å²) in [6.07, 6.45) is 1.26. The Balaban J connectivity index is 1.80. The third-order valence-electron chi connectivity index (χ3n) is 4.73. The van der Waals surface area contributed by atoms with Gasteiger partial charge in [-0.2, -0.15) is 0 Å². The van der Waals surface area contributed by atoms with Gasteiger partial charge in [-0.25, -0.2) is 12.8 Å². The van der Waals surface area contributed by atoms with Crippen molar-refractivity contribution in [3.05, 3.63) is 24.0 Å². The molecular formula is C15H21BFNO4S. The highest BCUT2D eigenvalue weighted by molar-refractivity contribution is 7.93. The van der Waals surface area contributed by atoms with Crippen LogP contribution in [0.15, 0.2) is 18.2 Å². The SMILES string of the molecule is CC1(C)OB(c2ccc(NS(=O)(=O)C3CC3)c(F)c2)OC1(C)C. The zero-order valence-corrected chi connectivity index (χ0v) is 14.5. The van der Waals surface area contributed by atoms with Crippen molar-refractivity contribution < 1.29 is 22.1 Å². The summed E-state index contributed by atoms with van der Waals surface area (Å²) in [5.41, 5.74) is -0.548. The Morgan fingerprint density at radius 2 is 1.74 bits per heavy atom. The first-order valence-corrected chi connectivity index (χ1v) is 9.23. The van der Waals surface area contributed by atoms with E-state index in [9.17, 15) is 12.8 Å². The maximum Gasteiger partial charge on any atom is 0.494 e. The van der Waals surface area contributed by atoms with Crippen molar-refractivity contribution in [2.75, 3.05) is 4.72 Å². The number of nitrogens with one attached hydrogen (secondary N) is 1. The lowest BCUT2D eigenvalue weighted by atomic mass is 9.79. The molecule has 1 saturated heterocycles. The first kappa shape index (κ1) is 16.7. The number of hydrogen-bond acceptors (Lipinski definition) is 4. The highest BCUT2D eigenvalue weighted by atomic mass is 32.2. The predicted octanol–water partition coefficient (Wildman–Crippen LogP) is 2.03. The van der Waals surface area contributed by atoms with E-state index in [1.54, 1.807) is 6.07 Å². The molecule has 1 N–H and O–H groups in total. The molecule has 0 unspecified atom stereocenters. The molecule has 1 heterocycles. The van der Waals surface area contributed by atoms with Crippen LogP contribution in [0.2, 0.25) is 0 Å². The smallest absolute Gasteiger partial charge is 0.399 e. The minimum Gasteiger partial charge on any atom is -0.399 e. The lowest BCUT2D eigenvalue weighted by molar-refractivity contribution is 0.00578. The molecule has 1 saturated carbocycles. The van der Waals surface area contributed by atoms with Crippen molar-refractivity contribution in [2.45, 2.75) is 57.0 Å². The number of hydrogen-bond donors (Lipinski definition) is 1. The summed E-state index contributed by atoms with van der Waals surface area (Å²) in [7, 11) is -4.16. The van der Waals surface area contributed by atoms with Crippen LogP contribution >= 0.6 is 0 Å². The molecule has 0 amide bonds. The molecule has 2 fully saturated rings. The van der Waals surface area contributed by atoms with Gasteiger partial charge in [0, 0.05) is 0 Å². The van der Waals surface area contributed by atoms with Gasteiger partial charge in [-0.15, -0.1) is 0 Å². The molecule has 1 aromatic carbocycles. The van der Waals surface area contributed by atoms with E-state index in [0.29, 0.717) is 18.3 Å². The molecule has 0 atom stereocenters. The van der Waals surface area contributed by atoms with Crippen LogP contribution < -0.4 is 10.2 Å². The Bertz CT molecular complexity index is 715. The van der Waals surface area contributed by atoms with Gasteiger partial charge in [0.05, 0.1) is 22.1 Å². The molecule has 5 nitrogen and oxygen atoms in total. The molecule has 1 aromatic rings. The van der Waals surface area contributed by atoms with Crippen molar-refractivity contribution >= 4 is 28.3 Å². The molecule has 23 heavy (non-hydrogen) atoms. The molecule has 8 heteroatoms.